The topological polar surface area (TPSA) is 12.4 Å². The molecule has 0 amide bonds. The van der Waals surface area contributed by atoms with Crippen LogP contribution in [-0.4, -0.2) is 6.21 Å². The van der Waals surface area contributed by atoms with Gasteiger partial charge in [0.2, 0.25) is 0 Å². The monoisotopic (exact) mass is 188 g/mol. The van der Waals surface area contributed by atoms with E-state index in [0.717, 1.165) is 5.92 Å². The Bertz CT molecular complexity index is 298. The summed E-state index contributed by atoms with van der Waals surface area (Å²) < 4.78 is 0. The van der Waals surface area contributed by atoms with E-state index < -0.39 is 0 Å². The van der Waals surface area contributed by atoms with Gasteiger partial charge >= 0.3 is 0 Å². The highest BCUT2D eigenvalue weighted by molar-refractivity contribution is 5.62. The lowest BCUT2D eigenvalue weighted by Gasteiger charge is -2.21. The van der Waals surface area contributed by atoms with Crippen LogP contribution in [0, 0.1) is 5.92 Å². The summed E-state index contributed by atoms with van der Waals surface area (Å²) in [6.45, 7) is 2.16. The van der Waals surface area contributed by atoms with Crippen LogP contribution in [0.4, 0.5) is 0 Å². The summed E-state index contributed by atoms with van der Waals surface area (Å²) >= 11 is 0. The number of rotatable bonds is 3. The van der Waals surface area contributed by atoms with E-state index in [-0.39, 0.29) is 0 Å². The molecule has 1 aromatic carbocycles. The van der Waals surface area contributed by atoms with Crippen molar-refractivity contribution in [2.24, 2.45) is 10.9 Å². The lowest BCUT2D eigenvalue weighted by atomic mass is 10.0. The average molecular weight is 188 g/mol. The summed E-state index contributed by atoms with van der Waals surface area (Å²) in [6, 6.07) is 10.8. The zero-order valence-electron chi connectivity index (χ0n) is 8.69. The Labute approximate surface area is 85.9 Å². The van der Waals surface area contributed by atoms with Gasteiger partial charge in [0.15, 0.2) is 0 Å². The molecule has 14 heavy (non-hydrogen) atoms. The molecule has 0 radical (unpaired) electrons. The predicted octanol–water partition coefficient (Wildman–Crippen LogP) is 3.62. The van der Waals surface area contributed by atoms with E-state index in [1.54, 1.807) is 0 Å². The van der Waals surface area contributed by atoms with Crippen LogP contribution in [0.15, 0.2) is 35.3 Å². The molecule has 2 atom stereocenters. The van der Waals surface area contributed by atoms with Gasteiger partial charge in [-0.2, -0.15) is 0 Å². The number of nitrogens with zero attached hydrogens (tertiary/aromatic N) is 1. The number of hydrogen-bond donors (Lipinski definition) is 0. The molecule has 1 saturated carbocycles. The second-order valence-corrected chi connectivity index (χ2v) is 4.08. The fraction of sp³-hybridized carbons (Fsp3) is 0.462. The summed E-state index contributed by atoms with van der Waals surface area (Å²) in [7, 11) is 0. The first-order valence-electron chi connectivity index (χ1n) is 5.44. The second-order valence-electron chi connectivity index (χ2n) is 4.08. The van der Waals surface area contributed by atoms with Gasteiger partial charge in [-0.15, -0.1) is 0 Å². The Kier molecular flexibility index (Phi) is 2.97. The molecule has 0 spiro atoms. The minimum absolute atomic E-state index is 0.316. The van der Waals surface area contributed by atoms with E-state index in [1.807, 2.05) is 6.07 Å². The van der Waals surface area contributed by atoms with E-state index in [9.17, 15) is 0 Å². The van der Waals surface area contributed by atoms with Crippen molar-refractivity contribution in [3.8, 4) is 0 Å². The van der Waals surface area contributed by atoms with Gasteiger partial charge in [0, 0.05) is 6.21 Å². The first-order valence-corrected chi connectivity index (χ1v) is 5.44. The van der Waals surface area contributed by atoms with Gasteiger partial charge in [-0.3, -0.25) is 4.99 Å². The molecule has 1 unspecified atom stereocenters. The molecular formula is C13H17N. The van der Waals surface area contributed by atoms with E-state index in [4.69, 9.17) is 0 Å². The van der Waals surface area contributed by atoms with Crippen LogP contribution in [0.3, 0.4) is 0 Å². The largest absolute Gasteiger partial charge is 0.289 e. The van der Waals surface area contributed by atoms with Crippen LogP contribution < -0.4 is 0 Å². The normalized spacial score (nSPS) is 23.4. The molecule has 1 fully saturated rings. The van der Waals surface area contributed by atoms with Crippen LogP contribution in [-0.2, 0) is 0 Å². The maximum atomic E-state index is 4.59. The van der Waals surface area contributed by atoms with Crippen LogP contribution in [0.5, 0.6) is 0 Å². The minimum atomic E-state index is 0.316. The van der Waals surface area contributed by atoms with Crippen LogP contribution in [0.25, 0.3) is 0 Å². The Morgan fingerprint density at radius 1 is 1.29 bits per heavy atom. The first kappa shape index (κ1) is 9.45. The molecule has 0 aliphatic heterocycles. The molecule has 1 aromatic rings. The Hall–Kier alpha value is -1.11. The molecule has 0 bridgehead atoms. The van der Waals surface area contributed by atoms with Crippen LogP contribution in [0.2, 0.25) is 0 Å². The van der Waals surface area contributed by atoms with Crippen molar-refractivity contribution >= 4 is 6.21 Å². The Morgan fingerprint density at radius 3 is 2.57 bits per heavy atom. The number of aliphatic imine (C=N–C) groups is 1. The van der Waals surface area contributed by atoms with Crippen molar-refractivity contribution in [3.05, 3.63) is 35.9 Å². The van der Waals surface area contributed by atoms with Crippen molar-refractivity contribution in [3.63, 3.8) is 0 Å². The summed E-state index contributed by atoms with van der Waals surface area (Å²) in [4.78, 5) is 4.59. The third-order valence-corrected chi connectivity index (χ3v) is 2.95. The van der Waals surface area contributed by atoms with Crippen LogP contribution in [0.1, 0.15) is 37.8 Å². The number of benzene rings is 1. The van der Waals surface area contributed by atoms with Gasteiger partial charge in [0.05, 0.1) is 6.04 Å². The minimum Gasteiger partial charge on any atom is -0.289 e. The highest BCUT2D eigenvalue weighted by Gasteiger charge is 2.14. The molecule has 2 rings (SSSR count). The lowest BCUT2D eigenvalue weighted by Crippen LogP contribution is -2.12. The third-order valence-electron chi connectivity index (χ3n) is 2.95. The lowest BCUT2D eigenvalue weighted by molar-refractivity contribution is 0.419. The summed E-state index contributed by atoms with van der Waals surface area (Å²) in [5.41, 5.74) is 1.31. The van der Waals surface area contributed by atoms with E-state index in [2.05, 4.69) is 42.4 Å². The maximum absolute atomic E-state index is 4.59. The van der Waals surface area contributed by atoms with E-state index in [1.165, 1.54) is 24.8 Å². The molecule has 0 N–H and O–H groups in total. The Morgan fingerprint density at radius 2 is 2.00 bits per heavy atom. The van der Waals surface area contributed by atoms with Gasteiger partial charge in [-0.1, -0.05) is 36.8 Å². The van der Waals surface area contributed by atoms with Gasteiger partial charge in [-0.25, -0.2) is 0 Å². The van der Waals surface area contributed by atoms with Gasteiger partial charge in [-0.05, 0) is 31.2 Å². The maximum Gasteiger partial charge on any atom is 0.0717 e. The number of hydrogen-bond acceptors (Lipinski definition) is 1. The molecule has 1 aliphatic carbocycles. The molecule has 0 aromatic heterocycles. The van der Waals surface area contributed by atoms with Gasteiger partial charge in [0.1, 0.15) is 0 Å². The molecular weight excluding hydrogens is 171 g/mol. The smallest absolute Gasteiger partial charge is 0.0717 e. The van der Waals surface area contributed by atoms with Crippen LogP contribution >= 0.6 is 0 Å². The third kappa shape index (κ3) is 2.22. The molecule has 1 nitrogen and oxygen atoms in total. The fourth-order valence-electron chi connectivity index (χ4n) is 1.66. The van der Waals surface area contributed by atoms with Gasteiger partial charge in [0.25, 0.3) is 0 Å². The standard InChI is InChI=1S/C13H17N/c1-11(13-8-3-2-4-9-13)14-10-12-6-5-7-12/h2-4,8-12H,5-7H2,1H3/t11-/m1/s1/i6+1/t11-,12?. The predicted molar refractivity (Wildman–Crippen MR) is 60.7 cm³/mol. The van der Waals surface area contributed by atoms with Gasteiger partial charge < -0.3 is 0 Å². The quantitative estimate of drug-likeness (QED) is 0.507. The summed E-state index contributed by atoms with van der Waals surface area (Å²) in [5, 5.41) is 0. The molecule has 0 heterocycles. The van der Waals surface area contributed by atoms with Crippen molar-refractivity contribution in [2.75, 3.05) is 0 Å². The van der Waals surface area contributed by atoms with Crippen molar-refractivity contribution in [2.45, 2.75) is 32.2 Å². The van der Waals surface area contributed by atoms with Crippen molar-refractivity contribution < 1.29 is 0 Å². The highest BCUT2D eigenvalue weighted by atomic mass is 14.8. The molecule has 74 valence electrons. The highest BCUT2D eigenvalue weighted by Crippen LogP contribution is 2.25. The molecule has 1 heteroatoms. The van der Waals surface area contributed by atoms with E-state index in [0.29, 0.717) is 6.04 Å². The summed E-state index contributed by atoms with van der Waals surface area (Å²) in [6.07, 6.45) is 6.22. The zero-order chi connectivity index (χ0) is 9.80. The summed E-state index contributed by atoms with van der Waals surface area (Å²) in [5.74, 6) is 0.765. The molecule has 1 aliphatic rings. The average Bonchev–Trinajstić information content (AvgIpc) is 2.16. The SMILES string of the molecule is C[C@@H](N=CC1CC[13CH2]1)c1ccccc1. The zero-order valence-corrected chi connectivity index (χ0v) is 8.69. The Balaban J connectivity index is 1.94. The van der Waals surface area contributed by atoms with Crippen molar-refractivity contribution in [1.82, 2.24) is 0 Å². The second kappa shape index (κ2) is 4.41. The fourth-order valence-corrected chi connectivity index (χ4v) is 1.66. The van der Waals surface area contributed by atoms with E-state index >= 15 is 0 Å². The van der Waals surface area contributed by atoms with Crippen molar-refractivity contribution in [1.29, 1.82) is 0 Å². The first-order chi connectivity index (χ1) is 6.86. The molecule has 0 saturated heterocycles.